The Kier molecular flexibility index (Phi) is 3.15. The third-order valence-corrected chi connectivity index (χ3v) is 2.62. The van der Waals surface area contributed by atoms with Crippen molar-refractivity contribution in [1.82, 2.24) is 9.78 Å². The van der Waals surface area contributed by atoms with Crippen LogP contribution in [0.15, 0.2) is 30.5 Å². The van der Waals surface area contributed by atoms with Crippen LogP contribution in [-0.4, -0.2) is 15.7 Å². The van der Waals surface area contributed by atoms with Crippen molar-refractivity contribution >= 4 is 23.2 Å². The Hall–Kier alpha value is -1.81. The van der Waals surface area contributed by atoms with Crippen LogP contribution < -0.4 is 5.32 Å². The molecule has 0 unspecified atom stereocenters. The maximum absolute atomic E-state index is 11.9. The van der Waals surface area contributed by atoms with E-state index in [1.807, 2.05) is 14.0 Å². The van der Waals surface area contributed by atoms with Gasteiger partial charge in [0, 0.05) is 23.8 Å². The zero-order valence-corrected chi connectivity index (χ0v) is 10.3. The fourth-order valence-corrected chi connectivity index (χ4v) is 1.64. The molecule has 0 bridgehead atoms. The second-order valence-corrected chi connectivity index (χ2v) is 4.20. The number of carbonyl (C=O) groups excluding carboxylic acids is 1. The van der Waals surface area contributed by atoms with Gasteiger partial charge in [-0.1, -0.05) is 11.6 Å². The number of benzene rings is 1. The summed E-state index contributed by atoms with van der Waals surface area (Å²) in [6.45, 7) is 1.84. The summed E-state index contributed by atoms with van der Waals surface area (Å²) in [5.41, 5.74) is 2.07. The molecule has 0 saturated heterocycles. The van der Waals surface area contributed by atoms with Crippen LogP contribution in [0.5, 0.6) is 0 Å². The Morgan fingerprint density at radius 2 is 2.00 bits per heavy atom. The Morgan fingerprint density at radius 1 is 1.35 bits per heavy atom. The van der Waals surface area contributed by atoms with Crippen molar-refractivity contribution in [3.05, 3.63) is 46.7 Å². The fraction of sp³-hybridized carbons (Fsp3) is 0.167. The van der Waals surface area contributed by atoms with E-state index >= 15 is 0 Å². The summed E-state index contributed by atoms with van der Waals surface area (Å²) >= 11 is 5.76. The van der Waals surface area contributed by atoms with Crippen LogP contribution in [0.3, 0.4) is 0 Å². The molecule has 0 fully saturated rings. The maximum atomic E-state index is 11.9. The summed E-state index contributed by atoms with van der Waals surface area (Å²) < 4.78 is 1.66. The average Bonchev–Trinajstić information content (AvgIpc) is 2.58. The normalized spacial score (nSPS) is 10.3. The Bertz CT molecular complexity index is 545. The molecule has 0 radical (unpaired) electrons. The van der Waals surface area contributed by atoms with Crippen molar-refractivity contribution in [1.29, 1.82) is 0 Å². The zero-order valence-electron chi connectivity index (χ0n) is 9.57. The predicted molar refractivity (Wildman–Crippen MR) is 67.4 cm³/mol. The highest BCUT2D eigenvalue weighted by Gasteiger charge is 2.09. The number of halogens is 1. The standard InChI is InChI=1S/C12H12ClN3O/c1-8-11(7-16(2)15-8)14-12(17)9-3-5-10(13)6-4-9/h3-7H,1-2H3,(H,14,17). The molecule has 17 heavy (non-hydrogen) atoms. The van der Waals surface area contributed by atoms with E-state index < -0.39 is 0 Å². The van der Waals surface area contributed by atoms with Gasteiger partial charge >= 0.3 is 0 Å². The van der Waals surface area contributed by atoms with Crippen molar-refractivity contribution < 1.29 is 4.79 Å². The van der Waals surface area contributed by atoms with E-state index in [-0.39, 0.29) is 5.91 Å². The van der Waals surface area contributed by atoms with Gasteiger partial charge in [-0.2, -0.15) is 5.10 Å². The van der Waals surface area contributed by atoms with E-state index in [1.54, 1.807) is 35.1 Å². The SMILES string of the molecule is Cc1nn(C)cc1NC(=O)c1ccc(Cl)cc1. The molecule has 1 amide bonds. The van der Waals surface area contributed by atoms with Crippen molar-refractivity contribution in [2.75, 3.05) is 5.32 Å². The summed E-state index contributed by atoms with van der Waals surface area (Å²) in [6, 6.07) is 6.74. The van der Waals surface area contributed by atoms with Crippen molar-refractivity contribution in [3.8, 4) is 0 Å². The third-order valence-electron chi connectivity index (χ3n) is 2.37. The van der Waals surface area contributed by atoms with Crippen molar-refractivity contribution in [2.45, 2.75) is 6.92 Å². The van der Waals surface area contributed by atoms with Gasteiger partial charge in [0.1, 0.15) is 0 Å². The number of aryl methyl sites for hydroxylation is 2. The van der Waals surface area contributed by atoms with E-state index in [0.717, 1.165) is 5.69 Å². The van der Waals surface area contributed by atoms with E-state index in [4.69, 9.17) is 11.6 Å². The molecule has 2 aromatic rings. The highest BCUT2D eigenvalue weighted by atomic mass is 35.5. The summed E-state index contributed by atoms with van der Waals surface area (Å²) in [4.78, 5) is 11.9. The van der Waals surface area contributed by atoms with E-state index in [1.165, 1.54) is 0 Å². The van der Waals surface area contributed by atoms with Gasteiger partial charge < -0.3 is 5.32 Å². The molecule has 1 aromatic carbocycles. The average molecular weight is 250 g/mol. The zero-order chi connectivity index (χ0) is 12.4. The summed E-state index contributed by atoms with van der Waals surface area (Å²) in [5, 5.41) is 7.56. The number of amides is 1. The first-order chi connectivity index (χ1) is 8.06. The molecule has 0 aliphatic rings. The molecule has 5 heteroatoms. The predicted octanol–water partition coefficient (Wildman–Crippen LogP) is 2.63. The van der Waals surface area contributed by atoms with Gasteiger partial charge in [-0.3, -0.25) is 9.48 Å². The van der Waals surface area contributed by atoms with Gasteiger partial charge in [0.05, 0.1) is 11.4 Å². The summed E-state index contributed by atoms with van der Waals surface area (Å²) in [6.07, 6.45) is 1.77. The number of anilines is 1. The first kappa shape index (κ1) is 11.7. The molecule has 0 aliphatic carbocycles. The second-order valence-electron chi connectivity index (χ2n) is 3.76. The third kappa shape index (κ3) is 2.65. The first-order valence-corrected chi connectivity index (χ1v) is 5.51. The number of rotatable bonds is 2. The van der Waals surface area contributed by atoms with E-state index in [2.05, 4.69) is 10.4 Å². The van der Waals surface area contributed by atoms with Crippen LogP contribution in [0.1, 0.15) is 16.1 Å². The highest BCUT2D eigenvalue weighted by Crippen LogP contribution is 2.14. The van der Waals surface area contributed by atoms with Gasteiger partial charge in [0.25, 0.3) is 5.91 Å². The quantitative estimate of drug-likeness (QED) is 0.889. The first-order valence-electron chi connectivity index (χ1n) is 5.13. The van der Waals surface area contributed by atoms with Gasteiger partial charge in [-0.15, -0.1) is 0 Å². The number of hydrogen-bond acceptors (Lipinski definition) is 2. The number of hydrogen-bond donors (Lipinski definition) is 1. The van der Waals surface area contributed by atoms with E-state index in [0.29, 0.717) is 16.3 Å². The number of nitrogens with one attached hydrogen (secondary N) is 1. The molecular weight excluding hydrogens is 238 g/mol. The smallest absolute Gasteiger partial charge is 0.255 e. The lowest BCUT2D eigenvalue weighted by molar-refractivity contribution is 0.102. The Balaban J connectivity index is 2.17. The minimum atomic E-state index is -0.169. The number of carbonyl (C=O) groups is 1. The van der Waals surface area contributed by atoms with Gasteiger partial charge in [-0.05, 0) is 31.2 Å². The number of aromatic nitrogens is 2. The van der Waals surface area contributed by atoms with Crippen LogP contribution in [0, 0.1) is 6.92 Å². The van der Waals surface area contributed by atoms with E-state index in [9.17, 15) is 4.79 Å². The van der Waals surface area contributed by atoms with Crippen molar-refractivity contribution in [2.24, 2.45) is 7.05 Å². The minimum absolute atomic E-state index is 0.169. The molecule has 88 valence electrons. The van der Waals surface area contributed by atoms with Crippen LogP contribution in [-0.2, 0) is 7.05 Å². The molecule has 1 heterocycles. The molecule has 0 saturated carbocycles. The Labute approximate surface area is 104 Å². The topological polar surface area (TPSA) is 46.9 Å². The van der Waals surface area contributed by atoms with Crippen LogP contribution >= 0.6 is 11.6 Å². The molecule has 0 aliphatic heterocycles. The lowest BCUT2D eigenvalue weighted by atomic mass is 10.2. The van der Waals surface area contributed by atoms with Gasteiger partial charge in [0.2, 0.25) is 0 Å². The molecule has 2 rings (SSSR count). The van der Waals surface area contributed by atoms with Crippen molar-refractivity contribution in [3.63, 3.8) is 0 Å². The highest BCUT2D eigenvalue weighted by molar-refractivity contribution is 6.30. The molecule has 1 N–H and O–H groups in total. The lowest BCUT2D eigenvalue weighted by Crippen LogP contribution is -2.11. The monoisotopic (exact) mass is 249 g/mol. The summed E-state index contributed by atoms with van der Waals surface area (Å²) in [5.74, 6) is -0.169. The van der Waals surface area contributed by atoms with Crippen LogP contribution in [0.2, 0.25) is 5.02 Å². The number of nitrogens with zero attached hydrogens (tertiary/aromatic N) is 2. The maximum Gasteiger partial charge on any atom is 0.255 e. The fourth-order valence-electron chi connectivity index (χ4n) is 1.52. The summed E-state index contributed by atoms with van der Waals surface area (Å²) in [7, 11) is 1.81. The van der Waals surface area contributed by atoms with Crippen LogP contribution in [0.4, 0.5) is 5.69 Å². The lowest BCUT2D eigenvalue weighted by Gasteiger charge is -2.03. The molecule has 0 atom stereocenters. The molecule has 1 aromatic heterocycles. The minimum Gasteiger partial charge on any atom is -0.319 e. The largest absolute Gasteiger partial charge is 0.319 e. The molecule has 0 spiro atoms. The molecular formula is C12H12ClN3O. The van der Waals surface area contributed by atoms with Gasteiger partial charge in [0.15, 0.2) is 0 Å². The molecule has 4 nitrogen and oxygen atoms in total. The van der Waals surface area contributed by atoms with Crippen LogP contribution in [0.25, 0.3) is 0 Å². The second kappa shape index (κ2) is 4.59. The Morgan fingerprint density at radius 3 is 2.53 bits per heavy atom. The van der Waals surface area contributed by atoms with Gasteiger partial charge in [-0.25, -0.2) is 0 Å².